The minimum atomic E-state index is -0.191. The fourth-order valence-electron chi connectivity index (χ4n) is 2.00. The van der Waals surface area contributed by atoms with Gasteiger partial charge in [0.1, 0.15) is 5.69 Å². The highest BCUT2D eigenvalue weighted by Crippen LogP contribution is 2.38. The van der Waals surface area contributed by atoms with E-state index < -0.39 is 0 Å². The second-order valence-electron chi connectivity index (χ2n) is 5.30. The molecule has 0 unspecified atom stereocenters. The van der Waals surface area contributed by atoms with Gasteiger partial charge in [0.2, 0.25) is 5.91 Å². The summed E-state index contributed by atoms with van der Waals surface area (Å²) in [6.45, 7) is 0.907. The molecule has 1 heterocycles. The Morgan fingerprint density at radius 2 is 1.95 bits per heavy atom. The summed E-state index contributed by atoms with van der Waals surface area (Å²) in [5, 5.41) is 12.5. The van der Waals surface area contributed by atoms with Crippen LogP contribution in [0.1, 0.15) is 47.8 Å². The van der Waals surface area contributed by atoms with Crippen LogP contribution in [0.3, 0.4) is 0 Å². The minimum Gasteiger partial charge on any atom is -0.354 e. The fraction of sp³-hybridized carbons (Fsp3) is 0.615. The van der Waals surface area contributed by atoms with Crippen LogP contribution in [-0.4, -0.2) is 35.1 Å². The molecule has 102 valence electrons. The maximum Gasteiger partial charge on any atom is 0.271 e. The van der Waals surface area contributed by atoms with Crippen LogP contribution in [-0.2, 0) is 4.79 Å². The molecule has 1 aromatic heterocycles. The van der Waals surface area contributed by atoms with Gasteiger partial charge in [-0.15, -0.1) is 0 Å². The summed E-state index contributed by atoms with van der Waals surface area (Å²) in [5.74, 6) is 0.684. The largest absolute Gasteiger partial charge is 0.354 e. The number of aromatic nitrogens is 2. The molecule has 2 aliphatic carbocycles. The molecule has 6 nitrogen and oxygen atoms in total. The van der Waals surface area contributed by atoms with Crippen molar-refractivity contribution in [3.05, 3.63) is 17.5 Å². The number of aromatic amines is 1. The lowest BCUT2D eigenvalue weighted by molar-refractivity contribution is -0.122. The number of carbonyl (C=O) groups excluding carboxylic acids is 2. The zero-order valence-corrected chi connectivity index (χ0v) is 10.7. The third-order valence-corrected chi connectivity index (χ3v) is 3.51. The first-order valence-corrected chi connectivity index (χ1v) is 6.85. The molecular formula is C13H18N4O2. The van der Waals surface area contributed by atoms with E-state index in [1.165, 1.54) is 12.8 Å². The molecule has 0 saturated heterocycles. The summed E-state index contributed by atoms with van der Waals surface area (Å²) < 4.78 is 0. The molecule has 2 saturated carbocycles. The third kappa shape index (κ3) is 3.13. The lowest BCUT2D eigenvalue weighted by Gasteiger charge is -2.04. The van der Waals surface area contributed by atoms with Crippen molar-refractivity contribution in [2.24, 2.45) is 5.92 Å². The van der Waals surface area contributed by atoms with E-state index in [4.69, 9.17) is 0 Å². The molecule has 1 aromatic rings. The predicted molar refractivity (Wildman–Crippen MR) is 68.6 cm³/mol. The Hall–Kier alpha value is -1.85. The van der Waals surface area contributed by atoms with Crippen LogP contribution < -0.4 is 10.6 Å². The van der Waals surface area contributed by atoms with Crippen LogP contribution >= 0.6 is 0 Å². The summed E-state index contributed by atoms with van der Waals surface area (Å²) in [4.78, 5) is 23.1. The van der Waals surface area contributed by atoms with Crippen LogP contribution in [0.5, 0.6) is 0 Å². The Balaban J connectivity index is 1.38. The van der Waals surface area contributed by atoms with Crippen LogP contribution in [0.15, 0.2) is 6.07 Å². The van der Waals surface area contributed by atoms with Crippen LogP contribution in [0.4, 0.5) is 0 Å². The molecule has 0 aromatic carbocycles. The molecule has 6 heteroatoms. The van der Waals surface area contributed by atoms with Gasteiger partial charge >= 0.3 is 0 Å². The van der Waals surface area contributed by atoms with E-state index in [9.17, 15) is 9.59 Å². The summed E-state index contributed by atoms with van der Waals surface area (Å²) in [7, 11) is 0. The Morgan fingerprint density at radius 1 is 1.21 bits per heavy atom. The zero-order valence-electron chi connectivity index (χ0n) is 10.7. The molecule has 3 N–H and O–H groups in total. The van der Waals surface area contributed by atoms with Crippen molar-refractivity contribution in [3.8, 4) is 0 Å². The van der Waals surface area contributed by atoms with Crippen molar-refractivity contribution in [1.82, 2.24) is 20.8 Å². The van der Waals surface area contributed by atoms with E-state index in [0.29, 0.717) is 24.7 Å². The lowest BCUT2D eigenvalue weighted by atomic mass is 10.2. The fourth-order valence-corrected chi connectivity index (χ4v) is 2.00. The Labute approximate surface area is 111 Å². The first-order chi connectivity index (χ1) is 9.24. The predicted octanol–water partition coefficient (Wildman–Crippen LogP) is 0.543. The van der Waals surface area contributed by atoms with E-state index >= 15 is 0 Å². The van der Waals surface area contributed by atoms with Gasteiger partial charge in [-0.1, -0.05) is 0 Å². The van der Waals surface area contributed by atoms with Gasteiger partial charge in [-0.2, -0.15) is 5.10 Å². The highest BCUT2D eigenvalue weighted by Gasteiger charge is 2.29. The van der Waals surface area contributed by atoms with Gasteiger partial charge in [0, 0.05) is 30.6 Å². The van der Waals surface area contributed by atoms with Crippen LogP contribution in [0.25, 0.3) is 0 Å². The highest BCUT2D eigenvalue weighted by molar-refractivity contribution is 5.92. The molecule has 2 aliphatic rings. The molecule has 0 aliphatic heterocycles. The normalized spacial score (nSPS) is 18.1. The second kappa shape index (κ2) is 5.03. The molecule has 0 spiro atoms. The molecule has 0 radical (unpaired) electrons. The van der Waals surface area contributed by atoms with E-state index in [2.05, 4.69) is 20.8 Å². The van der Waals surface area contributed by atoms with Crippen molar-refractivity contribution in [1.29, 1.82) is 0 Å². The number of carbonyl (C=O) groups is 2. The number of rotatable bonds is 6. The monoisotopic (exact) mass is 262 g/mol. The van der Waals surface area contributed by atoms with Crippen LogP contribution in [0, 0.1) is 5.92 Å². The average Bonchev–Trinajstić information content (AvgIpc) is 3.32. The number of hydrogen-bond acceptors (Lipinski definition) is 3. The van der Waals surface area contributed by atoms with Crippen molar-refractivity contribution in [3.63, 3.8) is 0 Å². The van der Waals surface area contributed by atoms with Crippen molar-refractivity contribution in [2.75, 3.05) is 13.1 Å². The summed E-state index contributed by atoms with van der Waals surface area (Å²) in [6.07, 6.45) is 4.34. The minimum absolute atomic E-state index is 0.102. The van der Waals surface area contributed by atoms with E-state index in [1.54, 1.807) is 0 Å². The van der Waals surface area contributed by atoms with Crippen molar-refractivity contribution < 1.29 is 9.59 Å². The summed E-state index contributed by atoms with van der Waals surface area (Å²) in [5.41, 5.74) is 1.47. The Morgan fingerprint density at radius 3 is 2.63 bits per heavy atom. The SMILES string of the molecule is O=C(NCCNC(=O)C1CC1)c1cc(C2CC2)[nH]n1. The summed E-state index contributed by atoms with van der Waals surface area (Å²) >= 11 is 0. The number of nitrogens with zero attached hydrogens (tertiary/aromatic N) is 1. The maximum absolute atomic E-state index is 11.8. The molecule has 0 bridgehead atoms. The van der Waals surface area contributed by atoms with Gasteiger partial charge in [-0.3, -0.25) is 14.7 Å². The first-order valence-electron chi connectivity index (χ1n) is 6.85. The quantitative estimate of drug-likeness (QED) is 0.654. The van der Waals surface area contributed by atoms with Gasteiger partial charge < -0.3 is 10.6 Å². The molecule has 2 amide bonds. The zero-order chi connectivity index (χ0) is 13.2. The van der Waals surface area contributed by atoms with Gasteiger partial charge in [0.25, 0.3) is 5.91 Å². The molecule has 3 rings (SSSR count). The average molecular weight is 262 g/mol. The Bertz CT molecular complexity index is 489. The van der Waals surface area contributed by atoms with E-state index in [1.807, 2.05) is 6.07 Å². The maximum atomic E-state index is 11.8. The topological polar surface area (TPSA) is 86.9 Å². The summed E-state index contributed by atoms with van der Waals surface area (Å²) in [6, 6.07) is 1.82. The third-order valence-electron chi connectivity index (χ3n) is 3.51. The van der Waals surface area contributed by atoms with Gasteiger partial charge in [-0.05, 0) is 31.7 Å². The highest BCUT2D eigenvalue weighted by atomic mass is 16.2. The van der Waals surface area contributed by atoms with Crippen LogP contribution in [0.2, 0.25) is 0 Å². The van der Waals surface area contributed by atoms with Gasteiger partial charge in [-0.25, -0.2) is 0 Å². The Kier molecular flexibility index (Phi) is 3.23. The molecular weight excluding hydrogens is 244 g/mol. The van der Waals surface area contributed by atoms with Crippen molar-refractivity contribution >= 4 is 11.8 Å². The first kappa shape index (κ1) is 12.2. The molecule has 2 fully saturated rings. The number of amides is 2. The van der Waals surface area contributed by atoms with E-state index in [0.717, 1.165) is 18.5 Å². The number of H-pyrrole nitrogens is 1. The smallest absolute Gasteiger partial charge is 0.271 e. The standard InChI is InChI=1S/C13H18N4O2/c18-12(9-3-4-9)14-5-6-15-13(19)11-7-10(16-17-11)8-1-2-8/h7-9H,1-6H2,(H,14,18)(H,15,19)(H,16,17). The molecule has 0 atom stereocenters. The van der Waals surface area contributed by atoms with Gasteiger partial charge in [0.15, 0.2) is 0 Å². The number of nitrogens with one attached hydrogen (secondary N) is 3. The van der Waals surface area contributed by atoms with Crippen molar-refractivity contribution in [2.45, 2.75) is 31.6 Å². The second-order valence-corrected chi connectivity index (χ2v) is 5.30. The molecule has 19 heavy (non-hydrogen) atoms. The van der Waals surface area contributed by atoms with E-state index in [-0.39, 0.29) is 17.7 Å². The lowest BCUT2D eigenvalue weighted by Crippen LogP contribution is -2.35. The number of hydrogen-bond donors (Lipinski definition) is 3. The van der Waals surface area contributed by atoms with Gasteiger partial charge in [0.05, 0.1) is 0 Å².